The summed E-state index contributed by atoms with van der Waals surface area (Å²) < 4.78 is 5.57. The zero-order valence-electron chi connectivity index (χ0n) is 11.5. The first-order chi connectivity index (χ1) is 9.16. The van der Waals surface area contributed by atoms with E-state index in [1.54, 1.807) is 0 Å². The van der Waals surface area contributed by atoms with Crippen molar-refractivity contribution in [2.45, 2.75) is 39.0 Å². The van der Waals surface area contributed by atoms with Crippen molar-refractivity contribution in [2.24, 2.45) is 5.92 Å². The largest absolute Gasteiger partial charge is 0.380 e. The van der Waals surface area contributed by atoms with Crippen LogP contribution in [0.3, 0.4) is 0 Å². The van der Waals surface area contributed by atoms with Crippen LogP contribution >= 0.6 is 0 Å². The number of hydrogen-bond donors (Lipinski definition) is 1. The lowest BCUT2D eigenvalue weighted by atomic mass is 9.90. The third kappa shape index (κ3) is 2.14. The summed E-state index contributed by atoms with van der Waals surface area (Å²) in [5, 5.41) is 4.00. The van der Waals surface area contributed by atoms with Gasteiger partial charge in [-0.25, -0.2) is 0 Å². The summed E-state index contributed by atoms with van der Waals surface area (Å²) >= 11 is 0. The summed E-state index contributed by atoms with van der Waals surface area (Å²) in [6.07, 6.45) is 3.70. The highest BCUT2D eigenvalue weighted by Crippen LogP contribution is 2.44. The zero-order valence-corrected chi connectivity index (χ0v) is 11.5. The molecular weight excluding hydrogens is 236 g/mol. The van der Waals surface area contributed by atoms with Gasteiger partial charge < -0.3 is 10.3 Å². The van der Waals surface area contributed by atoms with Crippen molar-refractivity contribution in [1.82, 2.24) is 5.16 Å². The molecule has 2 unspecified atom stereocenters. The number of nitrogens with zero attached hydrogens (tertiary/aromatic N) is 1. The Balaban J connectivity index is 2.08. The smallest absolute Gasteiger partial charge is 0.175 e. The molecule has 2 atom stereocenters. The molecule has 1 aliphatic rings. The molecule has 3 rings (SSSR count). The summed E-state index contributed by atoms with van der Waals surface area (Å²) in [5.74, 6) is 2.60. The number of rotatable bonds is 2. The average molecular weight is 256 g/mol. The third-order valence-corrected chi connectivity index (χ3v) is 4.25. The number of nitrogen functional groups attached to an aromatic ring is 1. The van der Waals surface area contributed by atoms with Crippen LogP contribution in [0.15, 0.2) is 28.8 Å². The third-order valence-electron chi connectivity index (χ3n) is 4.25. The van der Waals surface area contributed by atoms with E-state index in [0.29, 0.717) is 17.7 Å². The SMILES string of the molecule is Cc1cccc(-c2c(N)noc2C2CCCC2C)c1. The van der Waals surface area contributed by atoms with E-state index in [2.05, 4.69) is 43.3 Å². The highest BCUT2D eigenvalue weighted by atomic mass is 16.5. The van der Waals surface area contributed by atoms with Crippen LogP contribution in [0.1, 0.15) is 43.4 Å². The molecule has 3 heteroatoms. The molecule has 0 bridgehead atoms. The Bertz CT molecular complexity index is 588. The number of aromatic nitrogens is 1. The fourth-order valence-corrected chi connectivity index (χ4v) is 3.19. The number of aryl methyl sites for hydroxylation is 1. The van der Waals surface area contributed by atoms with Crippen molar-refractivity contribution in [3.63, 3.8) is 0 Å². The van der Waals surface area contributed by atoms with Gasteiger partial charge >= 0.3 is 0 Å². The predicted octanol–water partition coefficient (Wildman–Crippen LogP) is 4.14. The van der Waals surface area contributed by atoms with Crippen molar-refractivity contribution in [3.8, 4) is 11.1 Å². The molecule has 0 amide bonds. The molecule has 100 valence electrons. The highest BCUT2D eigenvalue weighted by molar-refractivity contribution is 5.76. The van der Waals surface area contributed by atoms with Gasteiger partial charge in [0.1, 0.15) is 5.76 Å². The maximum atomic E-state index is 6.03. The van der Waals surface area contributed by atoms with Crippen molar-refractivity contribution in [3.05, 3.63) is 35.6 Å². The maximum absolute atomic E-state index is 6.03. The zero-order chi connectivity index (χ0) is 13.4. The molecule has 1 heterocycles. The molecule has 2 aromatic rings. The van der Waals surface area contributed by atoms with Crippen LogP contribution in [0, 0.1) is 12.8 Å². The van der Waals surface area contributed by atoms with Crippen LogP contribution in [0.2, 0.25) is 0 Å². The maximum Gasteiger partial charge on any atom is 0.175 e. The van der Waals surface area contributed by atoms with Crippen molar-refractivity contribution in [1.29, 1.82) is 0 Å². The normalized spacial score (nSPS) is 22.8. The summed E-state index contributed by atoms with van der Waals surface area (Å²) in [5.41, 5.74) is 9.38. The monoisotopic (exact) mass is 256 g/mol. The fourth-order valence-electron chi connectivity index (χ4n) is 3.19. The minimum atomic E-state index is 0.459. The minimum Gasteiger partial charge on any atom is -0.380 e. The molecule has 0 saturated heterocycles. The molecule has 19 heavy (non-hydrogen) atoms. The van der Waals surface area contributed by atoms with Crippen LogP contribution in [0.5, 0.6) is 0 Å². The Kier molecular flexibility index (Phi) is 3.05. The van der Waals surface area contributed by atoms with Gasteiger partial charge in [-0.2, -0.15) is 0 Å². The van der Waals surface area contributed by atoms with Crippen LogP contribution in [0.4, 0.5) is 5.82 Å². The van der Waals surface area contributed by atoms with Crippen LogP contribution in [0.25, 0.3) is 11.1 Å². The number of benzene rings is 1. The van der Waals surface area contributed by atoms with E-state index < -0.39 is 0 Å². The first kappa shape index (κ1) is 12.3. The molecule has 3 nitrogen and oxygen atoms in total. The summed E-state index contributed by atoms with van der Waals surface area (Å²) in [6.45, 7) is 4.38. The minimum absolute atomic E-state index is 0.459. The highest BCUT2D eigenvalue weighted by Gasteiger charge is 2.31. The summed E-state index contributed by atoms with van der Waals surface area (Å²) in [7, 11) is 0. The number of anilines is 1. The van der Waals surface area contributed by atoms with Gasteiger partial charge in [-0.1, -0.05) is 48.3 Å². The van der Waals surface area contributed by atoms with Gasteiger partial charge in [0.25, 0.3) is 0 Å². The van der Waals surface area contributed by atoms with Gasteiger partial charge in [-0.05, 0) is 31.2 Å². The predicted molar refractivity (Wildman–Crippen MR) is 76.8 cm³/mol. The lowest BCUT2D eigenvalue weighted by molar-refractivity contribution is 0.341. The van der Waals surface area contributed by atoms with Crippen LogP contribution < -0.4 is 5.73 Å². The molecule has 1 aromatic carbocycles. The van der Waals surface area contributed by atoms with Crippen molar-refractivity contribution >= 4 is 5.82 Å². The molecule has 1 aliphatic carbocycles. The number of nitrogens with two attached hydrogens (primary N) is 1. The van der Waals surface area contributed by atoms with E-state index in [4.69, 9.17) is 10.3 Å². The van der Waals surface area contributed by atoms with E-state index in [9.17, 15) is 0 Å². The van der Waals surface area contributed by atoms with Gasteiger partial charge in [0, 0.05) is 5.92 Å². The topological polar surface area (TPSA) is 52.0 Å². The van der Waals surface area contributed by atoms with Crippen molar-refractivity contribution < 1.29 is 4.52 Å². The molecule has 1 saturated carbocycles. The standard InChI is InChI=1S/C16H20N2O/c1-10-5-3-7-12(9-10)14-15(19-18-16(14)17)13-8-4-6-11(13)2/h3,5,7,9,11,13H,4,6,8H2,1-2H3,(H2,17,18). The molecule has 0 spiro atoms. The molecule has 1 aromatic heterocycles. The van der Waals surface area contributed by atoms with E-state index in [0.717, 1.165) is 16.9 Å². The van der Waals surface area contributed by atoms with Gasteiger partial charge in [0.15, 0.2) is 5.82 Å². The number of hydrogen-bond acceptors (Lipinski definition) is 3. The van der Waals surface area contributed by atoms with Gasteiger partial charge in [0.2, 0.25) is 0 Å². The van der Waals surface area contributed by atoms with E-state index in [1.165, 1.54) is 24.8 Å². The Morgan fingerprint density at radius 2 is 2.16 bits per heavy atom. The van der Waals surface area contributed by atoms with Crippen LogP contribution in [-0.4, -0.2) is 5.16 Å². The Labute approximate surface area is 113 Å². The van der Waals surface area contributed by atoms with Gasteiger partial charge in [0.05, 0.1) is 5.56 Å². The molecule has 0 aliphatic heterocycles. The summed E-state index contributed by atoms with van der Waals surface area (Å²) in [6, 6.07) is 8.37. The van der Waals surface area contributed by atoms with Crippen molar-refractivity contribution in [2.75, 3.05) is 5.73 Å². The lowest BCUT2D eigenvalue weighted by Crippen LogP contribution is -2.02. The van der Waals surface area contributed by atoms with E-state index in [1.807, 2.05) is 0 Å². The Hall–Kier alpha value is -1.77. The van der Waals surface area contributed by atoms with E-state index >= 15 is 0 Å². The molecule has 0 radical (unpaired) electrons. The Morgan fingerprint density at radius 3 is 2.84 bits per heavy atom. The lowest BCUT2D eigenvalue weighted by Gasteiger charge is -2.13. The summed E-state index contributed by atoms with van der Waals surface area (Å²) in [4.78, 5) is 0. The second-order valence-corrected chi connectivity index (χ2v) is 5.69. The Morgan fingerprint density at radius 1 is 1.32 bits per heavy atom. The first-order valence-corrected chi connectivity index (χ1v) is 6.99. The molecule has 2 N–H and O–H groups in total. The first-order valence-electron chi connectivity index (χ1n) is 6.99. The second kappa shape index (κ2) is 4.72. The fraction of sp³-hybridized carbons (Fsp3) is 0.438. The average Bonchev–Trinajstić information content (AvgIpc) is 2.95. The van der Waals surface area contributed by atoms with Crippen LogP contribution in [-0.2, 0) is 0 Å². The van der Waals surface area contributed by atoms with Gasteiger partial charge in [-0.3, -0.25) is 0 Å². The molecule has 1 fully saturated rings. The van der Waals surface area contributed by atoms with E-state index in [-0.39, 0.29) is 0 Å². The molecular formula is C16H20N2O. The van der Waals surface area contributed by atoms with Gasteiger partial charge in [-0.15, -0.1) is 0 Å². The quantitative estimate of drug-likeness (QED) is 0.878. The second-order valence-electron chi connectivity index (χ2n) is 5.69.